The molecule has 0 aliphatic carbocycles. The van der Waals surface area contributed by atoms with Crippen LogP contribution in [-0.4, -0.2) is 28.4 Å². The zero-order valence-electron chi connectivity index (χ0n) is 14.2. The van der Waals surface area contributed by atoms with Crippen LogP contribution in [0, 0.1) is 13.8 Å². The molecule has 0 amide bonds. The molecule has 0 spiro atoms. The topological polar surface area (TPSA) is 29.9 Å². The van der Waals surface area contributed by atoms with E-state index in [9.17, 15) is 0 Å². The smallest absolute Gasteiger partial charge is 0.124 e. The summed E-state index contributed by atoms with van der Waals surface area (Å²) in [5, 5.41) is 3.94. The molecule has 124 valence electrons. The van der Waals surface area contributed by atoms with Gasteiger partial charge in [0.2, 0.25) is 0 Å². The van der Waals surface area contributed by atoms with Gasteiger partial charge in [0.15, 0.2) is 0 Å². The number of thioether (sulfide) groups is 1. The van der Waals surface area contributed by atoms with Gasteiger partial charge in [0, 0.05) is 25.4 Å². The van der Waals surface area contributed by atoms with Crippen molar-refractivity contribution in [1.29, 1.82) is 0 Å². The summed E-state index contributed by atoms with van der Waals surface area (Å²) in [7, 11) is 0. The standard InChI is InChI=1S/C20H23N3S/c1-14-7-8-16(11-15(14)2)13-23-18-6-4-3-5-17(18)22-20(23)19-12-21-9-10-24-19/h3-8,11,19,21H,9-10,12-13H2,1-2H3/t19-/m0/s1. The highest BCUT2D eigenvalue weighted by Gasteiger charge is 2.22. The Morgan fingerprint density at radius 3 is 2.83 bits per heavy atom. The Bertz CT molecular complexity index is 862. The lowest BCUT2D eigenvalue weighted by atomic mass is 10.1. The second-order valence-electron chi connectivity index (χ2n) is 6.53. The van der Waals surface area contributed by atoms with Gasteiger partial charge in [0.05, 0.1) is 16.3 Å². The summed E-state index contributed by atoms with van der Waals surface area (Å²) >= 11 is 2.02. The van der Waals surface area contributed by atoms with Crippen LogP contribution in [0.3, 0.4) is 0 Å². The number of para-hydroxylation sites is 2. The minimum Gasteiger partial charge on any atom is -0.323 e. The van der Waals surface area contributed by atoms with E-state index in [0.29, 0.717) is 5.25 Å². The highest BCUT2D eigenvalue weighted by atomic mass is 32.2. The fraction of sp³-hybridized carbons (Fsp3) is 0.350. The average molecular weight is 337 g/mol. The number of benzene rings is 2. The molecule has 0 bridgehead atoms. The lowest BCUT2D eigenvalue weighted by Gasteiger charge is -2.23. The Morgan fingerprint density at radius 1 is 1.17 bits per heavy atom. The Morgan fingerprint density at radius 2 is 2.04 bits per heavy atom. The molecule has 0 unspecified atom stereocenters. The van der Waals surface area contributed by atoms with Crippen LogP contribution in [0.2, 0.25) is 0 Å². The van der Waals surface area contributed by atoms with Gasteiger partial charge in [-0.1, -0.05) is 30.3 Å². The van der Waals surface area contributed by atoms with E-state index >= 15 is 0 Å². The number of hydrogen-bond acceptors (Lipinski definition) is 3. The first kappa shape index (κ1) is 15.7. The van der Waals surface area contributed by atoms with Gasteiger partial charge in [-0.2, -0.15) is 0 Å². The van der Waals surface area contributed by atoms with Crippen LogP contribution in [0.4, 0.5) is 0 Å². The van der Waals surface area contributed by atoms with Gasteiger partial charge >= 0.3 is 0 Å². The van der Waals surface area contributed by atoms with Crippen LogP contribution in [0.15, 0.2) is 42.5 Å². The molecule has 1 atom stereocenters. The number of fused-ring (bicyclic) bond motifs is 1. The van der Waals surface area contributed by atoms with Crippen molar-refractivity contribution in [1.82, 2.24) is 14.9 Å². The largest absolute Gasteiger partial charge is 0.323 e. The zero-order chi connectivity index (χ0) is 16.5. The Labute approximate surface area is 147 Å². The van der Waals surface area contributed by atoms with Crippen LogP contribution in [-0.2, 0) is 6.54 Å². The predicted octanol–water partition coefficient (Wildman–Crippen LogP) is 4.08. The van der Waals surface area contributed by atoms with E-state index in [0.717, 1.165) is 30.9 Å². The molecule has 2 heterocycles. The van der Waals surface area contributed by atoms with Gasteiger partial charge in [0.25, 0.3) is 0 Å². The summed E-state index contributed by atoms with van der Waals surface area (Å²) in [5.41, 5.74) is 6.38. The minimum atomic E-state index is 0.428. The molecular weight excluding hydrogens is 314 g/mol. The van der Waals surface area contributed by atoms with Crippen molar-refractivity contribution in [2.24, 2.45) is 0 Å². The second kappa shape index (κ2) is 6.61. The first-order chi connectivity index (χ1) is 11.7. The van der Waals surface area contributed by atoms with E-state index in [1.807, 2.05) is 11.8 Å². The number of nitrogens with one attached hydrogen (secondary N) is 1. The SMILES string of the molecule is Cc1ccc(Cn2c([C@@H]3CNCCS3)nc3ccccc32)cc1C. The minimum absolute atomic E-state index is 0.428. The van der Waals surface area contributed by atoms with Gasteiger partial charge in [-0.25, -0.2) is 4.98 Å². The van der Waals surface area contributed by atoms with Crippen molar-refractivity contribution in [3.63, 3.8) is 0 Å². The molecule has 3 nitrogen and oxygen atoms in total. The Hall–Kier alpha value is -1.78. The average Bonchev–Trinajstić information content (AvgIpc) is 2.98. The maximum absolute atomic E-state index is 4.97. The quantitative estimate of drug-likeness (QED) is 0.781. The summed E-state index contributed by atoms with van der Waals surface area (Å²) in [6.45, 7) is 7.33. The fourth-order valence-electron chi connectivity index (χ4n) is 3.32. The number of aromatic nitrogens is 2. The van der Waals surface area contributed by atoms with Crippen LogP contribution >= 0.6 is 11.8 Å². The van der Waals surface area contributed by atoms with Gasteiger partial charge < -0.3 is 9.88 Å². The first-order valence-electron chi connectivity index (χ1n) is 8.56. The van der Waals surface area contributed by atoms with Crippen molar-refractivity contribution < 1.29 is 0 Å². The summed E-state index contributed by atoms with van der Waals surface area (Å²) in [5.74, 6) is 2.35. The normalized spacial score (nSPS) is 18.2. The number of nitrogens with zero attached hydrogens (tertiary/aromatic N) is 2. The molecule has 1 fully saturated rings. The van der Waals surface area contributed by atoms with E-state index in [-0.39, 0.29) is 0 Å². The van der Waals surface area contributed by atoms with Crippen LogP contribution in [0.25, 0.3) is 11.0 Å². The van der Waals surface area contributed by atoms with Crippen molar-refractivity contribution in [2.45, 2.75) is 25.6 Å². The summed E-state index contributed by atoms with van der Waals surface area (Å²) in [6, 6.07) is 15.3. The van der Waals surface area contributed by atoms with E-state index in [1.165, 1.54) is 28.0 Å². The maximum atomic E-state index is 4.97. The molecule has 1 saturated heterocycles. The van der Waals surface area contributed by atoms with Gasteiger partial charge in [-0.15, -0.1) is 11.8 Å². The van der Waals surface area contributed by atoms with Crippen molar-refractivity contribution in [3.05, 3.63) is 65.0 Å². The first-order valence-corrected chi connectivity index (χ1v) is 9.61. The zero-order valence-corrected chi connectivity index (χ0v) is 15.1. The van der Waals surface area contributed by atoms with Crippen LogP contribution in [0.5, 0.6) is 0 Å². The third-order valence-electron chi connectivity index (χ3n) is 4.81. The predicted molar refractivity (Wildman–Crippen MR) is 103 cm³/mol. The Balaban J connectivity index is 1.78. The van der Waals surface area contributed by atoms with E-state index < -0.39 is 0 Å². The molecule has 1 aliphatic rings. The number of hydrogen-bond donors (Lipinski definition) is 1. The van der Waals surface area contributed by atoms with E-state index in [2.05, 4.69) is 66.2 Å². The molecule has 1 N–H and O–H groups in total. The highest BCUT2D eigenvalue weighted by molar-refractivity contribution is 7.99. The summed E-state index contributed by atoms with van der Waals surface area (Å²) in [4.78, 5) is 4.97. The van der Waals surface area contributed by atoms with Crippen molar-refractivity contribution in [3.8, 4) is 0 Å². The summed E-state index contributed by atoms with van der Waals surface area (Å²) in [6.07, 6.45) is 0. The highest BCUT2D eigenvalue weighted by Crippen LogP contribution is 2.32. The molecular formula is C20H23N3S. The monoisotopic (exact) mass is 337 g/mol. The molecule has 3 aromatic rings. The molecule has 1 aromatic heterocycles. The molecule has 4 heteroatoms. The van der Waals surface area contributed by atoms with Gasteiger partial charge in [-0.3, -0.25) is 0 Å². The van der Waals surface area contributed by atoms with Crippen molar-refractivity contribution in [2.75, 3.05) is 18.8 Å². The molecule has 4 rings (SSSR count). The lowest BCUT2D eigenvalue weighted by molar-refractivity contribution is 0.640. The molecule has 1 aliphatic heterocycles. The van der Waals surface area contributed by atoms with Crippen LogP contribution in [0.1, 0.15) is 27.8 Å². The van der Waals surface area contributed by atoms with Gasteiger partial charge in [-0.05, 0) is 42.7 Å². The lowest BCUT2D eigenvalue weighted by Crippen LogP contribution is -2.29. The Kier molecular flexibility index (Phi) is 4.33. The molecule has 0 radical (unpaired) electrons. The molecule has 0 saturated carbocycles. The summed E-state index contributed by atoms with van der Waals surface area (Å²) < 4.78 is 2.41. The van der Waals surface area contributed by atoms with E-state index in [1.54, 1.807) is 0 Å². The third kappa shape index (κ3) is 2.96. The second-order valence-corrected chi connectivity index (χ2v) is 7.84. The number of rotatable bonds is 3. The maximum Gasteiger partial charge on any atom is 0.124 e. The van der Waals surface area contributed by atoms with Crippen LogP contribution < -0.4 is 5.32 Å². The number of imidazole rings is 1. The van der Waals surface area contributed by atoms with Gasteiger partial charge in [0.1, 0.15) is 5.82 Å². The number of aryl methyl sites for hydroxylation is 2. The third-order valence-corrected chi connectivity index (χ3v) is 6.03. The van der Waals surface area contributed by atoms with Crippen molar-refractivity contribution >= 4 is 22.8 Å². The van der Waals surface area contributed by atoms with E-state index in [4.69, 9.17) is 4.98 Å². The fourth-order valence-corrected chi connectivity index (χ4v) is 4.43. The molecule has 2 aromatic carbocycles. The molecule has 24 heavy (non-hydrogen) atoms.